The van der Waals surface area contributed by atoms with Crippen molar-refractivity contribution >= 4 is 23.2 Å². The normalized spacial score (nSPS) is 11.8. The zero-order valence-electron chi connectivity index (χ0n) is 14.0. The van der Waals surface area contributed by atoms with E-state index in [0.717, 1.165) is 11.1 Å². The van der Waals surface area contributed by atoms with E-state index >= 15 is 0 Å². The van der Waals surface area contributed by atoms with E-state index in [1.165, 1.54) is 24.4 Å². The van der Waals surface area contributed by atoms with Crippen molar-refractivity contribution in [3.63, 3.8) is 0 Å². The van der Waals surface area contributed by atoms with Gasteiger partial charge in [0.15, 0.2) is 0 Å². The lowest BCUT2D eigenvalue weighted by atomic mass is 10.0. The van der Waals surface area contributed by atoms with E-state index in [0.29, 0.717) is 21.8 Å². The lowest BCUT2D eigenvalue weighted by Gasteiger charge is -2.19. The van der Waals surface area contributed by atoms with Crippen molar-refractivity contribution in [3.05, 3.63) is 82.9 Å². The number of benzene rings is 2. The number of hydrogen-bond donors (Lipinski definition) is 2. The number of amides is 1. The summed E-state index contributed by atoms with van der Waals surface area (Å²) in [6.07, 6.45) is 3.09. The molecule has 1 unspecified atom stereocenters. The summed E-state index contributed by atoms with van der Waals surface area (Å²) in [5.41, 5.74) is 8.72. The lowest BCUT2D eigenvalue weighted by molar-refractivity contribution is -0.118. The van der Waals surface area contributed by atoms with Crippen LogP contribution in [0.1, 0.15) is 17.2 Å². The third-order valence-electron chi connectivity index (χ3n) is 4.07. The standard InChI is InChI=1S/C20H17ClFN3O/c1-12-4-2-3-5-16(12)19(20(23)26)25-15-8-13(10-24-11-15)17-9-14(21)6-7-18(17)22/h2-11,19,25H,1H3,(H2,23,26). The molecule has 0 spiro atoms. The van der Waals surface area contributed by atoms with Crippen LogP contribution in [0.15, 0.2) is 60.9 Å². The zero-order valence-corrected chi connectivity index (χ0v) is 14.8. The molecule has 3 aromatic rings. The predicted octanol–water partition coefficient (Wildman–Crippen LogP) is 4.49. The van der Waals surface area contributed by atoms with Gasteiger partial charge in [-0.1, -0.05) is 35.9 Å². The summed E-state index contributed by atoms with van der Waals surface area (Å²) < 4.78 is 14.1. The van der Waals surface area contributed by atoms with Crippen LogP contribution in [0.3, 0.4) is 0 Å². The molecule has 0 saturated heterocycles. The third kappa shape index (κ3) is 3.83. The fourth-order valence-corrected chi connectivity index (χ4v) is 2.94. The molecule has 0 aliphatic carbocycles. The second-order valence-corrected chi connectivity index (χ2v) is 6.36. The topological polar surface area (TPSA) is 68.0 Å². The van der Waals surface area contributed by atoms with Gasteiger partial charge in [0, 0.05) is 22.3 Å². The lowest BCUT2D eigenvalue weighted by Crippen LogP contribution is -2.28. The Balaban J connectivity index is 1.96. The van der Waals surface area contributed by atoms with Gasteiger partial charge < -0.3 is 11.1 Å². The highest BCUT2D eigenvalue weighted by Crippen LogP contribution is 2.29. The number of nitrogens with zero attached hydrogens (tertiary/aromatic N) is 1. The number of carbonyl (C=O) groups is 1. The van der Waals surface area contributed by atoms with Crippen LogP contribution < -0.4 is 11.1 Å². The van der Waals surface area contributed by atoms with Crippen molar-refractivity contribution in [2.75, 3.05) is 5.32 Å². The highest BCUT2D eigenvalue weighted by atomic mass is 35.5. The van der Waals surface area contributed by atoms with Crippen LogP contribution >= 0.6 is 11.6 Å². The Kier molecular flexibility index (Phi) is 5.19. The SMILES string of the molecule is Cc1ccccc1C(Nc1cncc(-c2cc(Cl)ccc2F)c1)C(N)=O. The van der Waals surface area contributed by atoms with Gasteiger partial charge in [-0.2, -0.15) is 0 Å². The number of nitrogens with one attached hydrogen (secondary N) is 1. The highest BCUT2D eigenvalue weighted by Gasteiger charge is 2.19. The van der Waals surface area contributed by atoms with Crippen molar-refractivity contribution in [1.82, 2.24) is 4.98 Å². The summed E-state index contributed by atoms with van der Waals surface area (Å²) in [7, 11) is 0. The van der Waals surface area contributed by atoms with Crippen LogP contribution in [-0.4, -0.2) is 10.9 Å². The Bertz CT molecular complexity index is 961. The van der Waals surface area contributed by atoms with Gasteiger partial charge in [0.25, 0.3) is 0 Å². The van der Waals surface area contributed by atoms with Gasteiger partial charge in [0.05, 0.1) is 11.9 Å². The van der Waals surface area contributed by atoms with Crippen molar-refractivity contribution in [2.45, 2.75) is 13.0 Å². The van der Waals surface area contributed by atoms with E-state index in [4.69, 9.17) is 17.3 Å². The van der Waals surface area contributed by atoms with Crippen molar-refractivity contribution in [3.8, 4) is 11.1 Å². The summed E-state index contributed by atoms with van der Waals surface area (Å²) in [5, 5.41) is 3.51. The quantitative estimate of drug-likeness (QED) is 0.696. The molecule has 0 aliphatic heterocycles. The third-order valence-corrected chi connectivity index (χ3v) is 4.31. The molecule has 2 aromatic carbocycles. The van der Waals surface area contributed by atoms with Crippen molar-refractivity contribution in [1.29, 1.82) is 0 Å². The highest BCUT2D eigenvalue weighted by molar-refractivity contribution is 6.30. The van der Waals surface area contributed by atoms with Gasteiger partial charge in [-0.25, -0.2) is 4.39 Å². The molecular weight excluding hydrogens is 353 g/mol. The smallest absolute Gasteiger partial charge is 0.244 e. The minimum absolute atomic E-state index is 0.333. The van der Waals surface area contributed by atoms with Crippen LogP contribution in [0.5, 0.6) is 0 Å². The molecule has 6 heteroatoms. The number of anilines is 1. The number of aromatic nitrogens is 1. The molecule has 1 atom stereocenters. The van der Waals surface area contributed by atoms with E-state index < -0.39 is 17.8 Å². The van der Waals surface area contributed by atoms with Crippen LogP contribution in [0, 0.1) is 12.7 Å². The maximum absolute atomic E-state index is 14.1. The number of pyridine rings is 1. The summed E-state index contributed by atoms with van der Waals surface area (Å²) >= 11 is 5.97. The summed E-state index contributed by atoms with van der Waals surface area (Å²) in [4.78, 5) is 16.1. The molecule has 0 bridgehead atoms. The molecule has 0 radical (unpaired) electrons. The van der Waals surface area contributed by atoms with E-state index in [-0.39, 0.29) is 0 Å². The monoisotopic (exact) mass is 369 g/mol. The molecule has 132 valence electrons. The van der Waals surface area contributed by atoms with E-state index in [2.05, 4.69) is 10.3 Å². The molecule has 0 aliphatic rings. The Labute approximate surface area is 155 Å². The molecule has 1 heterocycles. The fraction of sp³-hybridized carbons (Fsp3) is 0.100. The van der Waals surface area contributed by atoms with Gasteiger partial charge >= 0.3 is 0 Å². The number of nitrogens with two attached hydrogens (primary N) is 1. The maximum atomic E-state index is 14.1. The molecular formula is C20H17ClFN3O. The first-order valence-corrected chi connectivity index (χ1v) is 8.35. The van der Waals surface area contributed by atoms with E-state index in [1.54, 1.807) is 12.3 Å². The average Bonchev–Trinajstić information content (AvgIpc) is 2.62. The molecule has 3 rings (SSSR count). The van der Waals surface area contributed by atoms with Crippen molar-refractivity contribution in [2.24, 2.45) is 5.73 Å². The summed E-state index contributed by atoms with van der Waals surface area (Å²) in [5.74, 6) is -0.919. The molecule has 26 heavy (non-hydrogen) atoms. The second kappa shape index (κ2) is 7.54. The Hall–Kier alpha value is -2.92. The average molecular weight is 370 g/mol. The first kappa shape index (κ1) is 17.9. The van der Waals surface area contributed by atoms with Crippen LogP contribution in [-0.2, 0) is 4.79 Å². The van der Waals surface area contributed by atoms with Crippen LogP contribution in [0.2, 0.25) is 5.02 Å². The predicted molar refractivity (Wildman–Crippen MR) is 101 cm³/mol. The number of hydrogen-bond acceptors (Lipinski definition) is 3. The maximum Gasteiger partial charge on any atom is 0.244 e. The number of rotatable bonds is 5. The van der Waals surface area contributed by atoms with Crippen LogP contribution in [0.25, 0.3) is 11.1 Å². The van der Waals surface area contributed by atoms with Gasteiger partial charge in [-0.05, 0) is 42.3 Å². The Morgan fingerprint density at radius 1 is 1.19 bits per heavy atom. The Morgan fingerprint density at radius 2 is 1.96 bits per heavy atom. The molecule has 4 nitrogen and oxygen atoms in total. The van der Waals surface area contributed by atoms with E-state index in [9.17, 15) is 9.18 Å². The first-order valence-electron chi connectivity index (χ1n) is 7.97. The molecule has 0 saturated carbocycles. The minimum atomic E-state index is -0.725. The summed E-state index contributed by atoms with van der Waals surface area (Å²) in [6, 6.07) is 12.8. The van der Waals surface area contributed by atoms with Gasteiger partial charge in [-0.15, -0.1) is 0 Å². The van der Waals surface area contributed by atoms with Crippen molar-refractivity contribution < 1.29 is 9.18 Å². The summed E-state index contributed by atoms with van der Waals surface area (Å²) in [6.45, 7) is 1.91. The number of carbonyl (C=O) groups excluding carboxylic acids is 1. The zero-order chi connectivity index (χ0) is 18.7. The number of halogens is 2. The van der Waals surface area contributed by atoms with Gasteiger partial charge in [0.1, 0.15) is 11.9 Å². The van der Waals surface area contributed by atoms with E-state index in [1.807, 2.05) is 31.2 Å². The largest absolute Gasteiger partial charge is 0.369 e. The fourth-order valence-electron chi connectivity index (χ4n) is 2.76. The van der Waals surface area contributed by atoms with Gasteiger partial charge in [-0.3, -0.25) is 9.78 Å². The molecule has 3 N–H and O–H groups in total. The number of aryl methyl sites for hydroxylation is 1. The molecule has 1 aromatic heterocycles. The Morgan fingerprint density at radius 3 is 2.69 bits per heavy atom. The van der Waals surface area contributed by atoms with Crippen LogP contribution in [0.4, 0.5) is 10.1 Å². The molecule has 0 fully saturated rings. The number of primary amides is 1. The first-order chi connectivity index (χ1) is 12.5. The molecule has 1 amide bonds. The minimum Gasteiger partial charge on any atom is -0.369 e. The second-order valence-electron chi connectivity index (χ2n) is 5.92. The van der Waals surface area contributed by atoms with Gasteiger partial charge in [0.2, 0.25) is 5.91 Å².